The van der Waals surface area contributed by atoms with Gasteiger partial charge in [0.2, 0.25) is 5.91 Å². The molecule has 2 aliphatic carbocycles. The Labute approximate surface area is 185 Å². The summed E-state index contributed by atoms with van der Waals surface area (Å²) in [5.41, 5.74) is 4.64. The van der Waals surface area contributed by atoms with Gasteiger partial charge in [0.25, 0.3) is 0 Å². The molecule has 0 aromatic carbocycles. The fourth-order valence-electron chi connectivity index (χ4n) is 4.43. The maximum atomic E-state index is 13.4. The van der Waals surface area contributed by atoms with Gasteiger partial charge in [0.05, 0.1) is 18.2 Å². The third-order valence-corrected chi connectivity index (χ3v) is 7.16. The Morgan fingerprint density at radius 2 is 2.10 bits per heavy atom. The Kier molecular flexibility index (Phi) is 8.08. The lowest BCUT2D eigenvalue weighted by Gasteiger charge is -2.44. The highest BCUT2D eigenvalue weighted by Gasteiger charge is 2.51. The van der Waals surface area contributed by atoms with Crippen LogP contribution in [0.15, 0.2) is 0 Å². The van der Waals surface area contributed by atoms with Crippen molar-refractivity contribution < 1.29 is 22.7 Å². The minimum atomic E-state index is -4.32. The summed E-state index contributed by atoms with van der Waals surface area (Å²) in [4.78, 5) is 12.3. The Balaban J connectivity index is 1.59. The number of halogens is 4. The lowest BCUT2D eigenvalue weighted by molar-refractivity contribution is -0.186. The Bertz CT molecular complexity index is 670. The zero-order chi connectivity index (χ0) is 22.6. The predicted molar refractivity (Wildman–Crippen MR) is 109 cm³/mol. The number of hydrogen-bond donors (Lipinski definition) is 4. The van der Waals surface area contributed by atoms with Crippen LogP contribution in [0, 0.1) is 34.5 Å². The molecule has 11 heteroatoms. The molecule has 0 bridgehead atoms. The topological polar surface area (TPSA) is 112 Å². The quantitative estimate of drug-likeness (QED) is 0.321. The first-order valence-electron chi connectivity index (χ1n) is 10.9. The van der Waals surface area contributed by atoms with Gasteiger partial charge in [-0.1, -0.05) is 0 Å². The first-order valence-corrected chi connectivity index (χ1v) is 11.4. The van der Waals surface area contributed by atoms with Gasteiger partial charge in [0.1, 0.15) is 11.6 Å². The van der Waals surface area contributed by atoms with Crippen LogP contribution in [0.5, 0.6) is 0 Å². The smallest absolute Gasteiger partial charge is 0.363 e. The third kappa shape index (κ3) is 6.02. The molecule has 5 N–H and O–H groups in total. The predicted octanol–water partition coefficient (Wildman–Crippen LogP) is 1.82. The highest BCUT2D eigenvalue weighted by Crippen LogP contribution is 2.45. The summed E-state index contributed by atoms with van der Waals surface area (Å²) >= 11 is 5.97. The van der Waals surface area contributed by atoms with Gasteiger partial charge in [-0.3, -0.25) is 10.1 Å². The van der Waals surface area contributed by atoms with Crippen molar-refractivity contribution in [3.05, 3.63) is 0 Å². The van der Waals surface area contributed by atoms with Crippen LogP contribution < -0.4 is 21.7 Å². The molecule has 0 radical (unpaired) electrons. The van der Waals surface area contributed by atoms with Crippen LogP contribution in [0.1, 0.15) is 38.5 Å². The van der Waals surface area contributed by atoms with Gasteiger partial charge in [-0.05, 0) is 51.0 Å². The molecule has 0 spiro atoms. The van der Waals surface area contributed by atoms with Crippen molar-refractivity contribution in [3.63, 3.8) is 0 Å². The van der Waals surface area contributed by atoms with Crippen LogP contribution in [0.4, 0.5) is 13.2 Å². The summed E-state index contributed by atoms with van der Waals surface area (Å²) in [5, 5.41) is 17.7. The number of amides is 1. The number of rotatable bonds is 8. The lowest BCUT2D eigenvalue weighted by atomic mass is 9.78. The van der Waals surface area contributed by atoms with Crippen LogP contribution in [0.25, 0.3) is 0 Å². The van der Waals surface area contributed by atoms with Crippen molar-refractivity contribution in [1.29, 1.82) is 5.26 Å². The van der Waals surface area contributed by atoms with E-state index >= 15 is 0 Å². The number of alkyl halides is 4. The molecule has 31 heavy (non-hydrogen) atoms. The minimum absolute atomic E-state index is 0.0378. The Hall–Kier alpha value is -1.12. The number of nitrogens with zero attached hydrogens (tertiary/aromatic N) is 1. The second-order valence-corrected chi connectivity index (χ2v) is 9.45. The zero-order valence-electron chi connectivity index (χ0n) is 17.4. The summed E-state index contributed by atoms with van der Waals surface area (Å²) in [7, 11) is 0. The number of carbonyl (C=O) groups is 1. The van der Waals surface area contributed by atoms with Crippen molar-refractivity contribution in [2.45, 2.75) is 62.5 Å². The summed E-state index contributed by atoms with van der Waals surface area (Å²) in [6.45, 7) is 1.66. The highest BCUT2D eigenvalue weighted by atomic mass is 35.5. The highest BCUT2D eigenvalue weighted by molar-refractivity contribution is 6.20. The minimum Gasteiger partial charge on any atom is -0.363 e. The summed E-state index contributed by atoms with van der Waals surface area (Å²) in [5.74, 6) is -2.15. The summed E-state index contributed by atoms with van der Waals surface area (Å²) < 4.78 is 46.0. The molecule has 3 fully saturated rings. The van der Waals surface area contributed by atoms with Crippen LogP contribution >= 0.6 is 11.6 Å². The van der Waals surface area contributed by atoms with E-state index in [1.54, 1.807) is 0 Å². The van der Waals surface area contributed by atoms with E-state index in [9.17, 15) is 23.2 Å². The average Bonchev–Trinajstić information content (AvgIpc) is 3.53. The van der Waals surface area contributed by atoms with Crippen molar-refractivity contribution in [1.82, 2.24) is 16.0 Å². The molecule has 1 amide bonds. The van der Waals surface area contributed by atoms with Crippen LogP contribution in [-0.4, -0.2) is 56.1 Å². The van der Waals surface area contributed by atoms with E-state index in [4.69, 9.17) is 22.1 Å². The number of nitrogens with one attached hydrogen (secondary N) is 3. The number of nitriles is 1. The second kappa shape index (κ2) is 10.2. The summed E-state index contributed by atoms with van der Waals surface area (Å²) in [6, 6.07) is 2.07. The Morgan fingerprint density at radius 1 is 1.35 bits per heavy atom. The lowest BCUT2D eigenvalue weighted by Crippen LogP contribution is -2.64. The van der Waals surface area contributed by atoms with Gasteiger partial charge in [-0.2, -0.15) is 18.4 Å². The van der Waals surface area contributed by atoms with Crippen LogP contribution in [0.2, 0.25) is 0 Å². The fraction of sp³-hybridized carbons (Fsp3) is 0.900. The van der Waals surface area contributed by atoms with Crippen molar-refractivity contribution in [3.8, 4) is 6.07 Å². The maximum absolute atomic E-state index is 13.4. The molecule has 6 atom stereocenters. The molecule has 1 aliphatic heterocycles. The molecule has 0 aromatic heterocycles. The van der Waals surface area contributed by atoms with Crippen LogP contribution in [-0.2, 0) is 9.53 Å². The van der Waals surface area contributed by atoms with Crippen molar-refractivity contribution >= 4 is 17.5 Å². The number of ether oxygens (including phenoxy) is 1. The monoisotopic (exact) mass is 465 g/mol. The molecule has 0 aromatic rings. The van der Waals surface area contributed by atoms with E-state index in [1.165, 1.54) is 0 Å². The van der Waals surface area contributed by atoms with Gasteiger partial charge in [-0.15, -0.1) is 11.6 Å². The molecule has 3 aliphatic rings. The van der Waals surface area contributed by atoms with Gasteiger partial charge in [0, 0.05) is 31.0 Å². The number of hydrogen-bond acceptors (Lipinski definition) is 6. The molecule has 1 heterocycles. The van der Waals surface area contributed by atoms with Gasteiger partial charge >= 0.3 is 6.18 Å². The molecule has 176 valence electrons. The van der Waals surface area contributed by atoms with E-state index < -0.39 is 29.1 Å². The average molecular weight is 466 g/mol. The van der Waals surface area contributed by atoms with Crippen molar-refractivity contribution in [2.75, 3.05) is 26.2 Å². The molecule has 7 nitrogen and oxygen atoms in total. The first-order chi connectivity index (χ1) is 14.7. The number of nitrogens with two attached hydrogens (primary N) is 1. The standard InChI is InChI=1S/C20H31ClF3N5O2/c21-15-3-2-12(8-14(15)20(22,23)24)16-27-9-13(17(29-16)31-7-1-6-25)10-28-18(30)19(11-26)4-5-19/h12-17,27,29H,1-10,25H2,(H,28,30). The molecule has 3 rings (SSSR count). The third-order valence-electron chi connectivity index (χ3n) is 6.64. The number of carbonyl (C=O) groups excluding carboxylic acids is 1. The van der Waals surface area contributed by atoms with E-state index in [0.29, 0.717) is 58.3 Å². The normalized spacial score (nSPS) is 35.2. The van der Waals surface area contributed by atoms with E-state index in [-0.39, 0.29) is 30.3 Å². The van der Waals surface area contributed by atoms with Gasteiger partial charge < -0.3 is 21.1 Å². The zero-order valence-corrected chi connectivity index (χ0v) is 18.1. The second-order valence-electron chi connectivity index (χ2n) is 8.89. The fourth-order valence-corrected chi connectivity index (χ4v) is 4.80. The molecular formula is C20H31ClF3N5O2. The molecular weight excluding hydrogens is 435 g/mol. The Morgan fingerprint density at radius 3 is 2.71 bits per heavy atom. The van der Waals surface area contributed by atoms with Gasteiger partial charge in [0.15, 0.2) is 0 Å². The first kappa shape index (κ1) is 24.5. The molecule has 1 saturated heterocycles. The maximum Gasteiger partial charge on any atom is 0.393 e. The molecule has 2 saturated carbocycles. The SMILES string of the molecule is N#CC1(C(=O)NCC2CNC(C3CCC(Cl)C(C(F)(F)F)C3)NC2OCCCN)CC1. The van der Waals surface area contributed by atoms with Crippen molar-refractivity contribution in [2.24, 2.45) is 28.9 Å². The van der Waals surface area contributed by atoms with Gasteiger partial charge in [-0.25, -0.2) is 0 Å². The van der Waals surface area contributed by atoms with E-state index in [2.05, 4.69) is 22.0 Å². The summed E-state index contributed by atoms with van der Waals surface area (Å²) in [6.07, 6.45) is -2.44. The largest absolute Gasteiger partial charge is 0.393 e. The van der Waals surface area contributed by atoms with Crippen LogP contribution in [0.3, 0.4) is 0 Å². The molecule has 6 unspecified atom stereocenters. The van der Waals surface area contributed by atoms with E-state index in [1.807, 2.05) is 0 Å². The van der Waals surface area contributed by atoms with E-state index in [0.717, 1.165) is 0 Å².